The molecule has 0 heterocycles. The summed E-state index contributed by atoms with van der Waals surface area (Å²) < 4.78 is 5.49. The summed E-state index contributed by atoms with van der Waals surface area (Å²) in [5.41, 5.74) is 1.13. The van der Waals surface area contributed by atoms with Crippen LogP contribution in [0.3, 0.4) is 0 Å². The van der Waals surface area contributed by atoms with Gasteiger partial charge >= 0.3 is 0 Å². The number of thioether (sulfide) groups is 1. The zero-order valence-corrected chi connectivity index (χ0v) is 12.1. The molecule has 0 aliphatic rings. The number of rotatable bonds is 11. The molecule has 1 aromatic rings. The average molecular weight is 281 g/mol. The Morgan fingerprint density at radius 3 is 2.74 bits per heavy atom. The van der Waals surface area contributed by atoms with Gasteiger partial charge in [0.25, 0.3) is 0 Å². The second-order valence-corrected chi connectivity index (χ2v) is 5.33. The third kappa shape index (κ3) is 9.70. The quantitative estimate of drug-likeness (QED) is 0.501. The monoisotopic (exact) mass is 281 g/mol. The number of benzene rings is 1. The lowest BCUT2D eigenvalue weighted by Gasteiger charge is -2.02. The van der Waals surface area contributed by atoms with Gasteiger partial charge in [-0.25, -0.2) is 0 Å². The maximum absolute atomic E-state index is 8.62. The third-order valence-corrected chi connectivity index (χ3v) is 3.51. The molecule has 19 heavy (non-hydrogen) atoms. The zero-order valence-electron chi connectivity index (χ0n) is 11.3. The molecule has 0 aliphatic carbocycles. The normalized spacial score (nSPS) is 11.2. The highest BCUT2D eigenvalue weighted by atomic mass is 32.2. The van der Waals surface area contributed by atoms with Crippen LogP contribution in [0.5, 0.6) is 0 Å². The van der Waals surface area contributed by atoms with Gasteiger partial charge in [-0.15, -0.1) is 0 Å². The molecule has 3 nitrogen and oxygen atoms in total. The SMILES string of the molecule is OCCCCSCCOCCN=Cc1ccccc1. The van der Waals surface area contributed by atoms with E-state index in [1.54, 1.807) is 0 Å². The van der Waals surface area contributed by atoms with E-state index >= 15 is 0 Å². The number of ether oxygens (including phenoxy) is 1. The molecule has 1 aromatic carbocycles. The topological polar surface area (TPSA) is 41.8 Å². The number of hydrogen-bond acceptors (Lipinski definition) is 4. The highest BCUT2D eigenvalue weighted by molar-refractivity contribution is 7.99. The number of unbranched alkanes of at least 4 members (excludes halogenated alkanes) is 1. The average Bonchev–Trinajstić information content (AvgIpc) is 2.46. The van der Waals surface area contributed by atoms with Crippen molar-refractivity contribution in [2.75, 3.05) is 37.9 Å². The van der Waals surface area contributed by atoms with Gasteiger partial charge in [0.15, 0.2) is 0 Å². The summed E-state index contributed by atoms with van der Waals surface area (Å²) in [6, 6.07) is 10.1. The van der Waals surface area contributed by atoms with Crippen molar-refractivity contribution >= 4 is 18.0 Å². The minimum absolute atomic E-state index is 0.302. The molecular formula is C15H23NO2S. The molecule has 0 unspecified atom stereocenters. The molecular weight excluding hydrogens is 258 g/mol. The maximum Gasteiger partial charge on any atom is 0.0662 e. The van der Waals surface area contributed by atoms with E-state index in [1.165, 1.54) is 0 Å². The van der Waals surface area contributed by atoms with Gasteiger partial charge in [-0.1, -0.05) is 30.3 Å². The maximum atomic E-state index is 8.62. The first-order chi connectivity index (χ1) is 9.43. The van der Waals surface area contributed by atoms with Crippen molar-refractivity contribution in [3.05, 3.63) is 35.9 Å². The number of aliphatic hydroxyl groups is 1. The largest absolute Gasteiger partial charge is 0.396 e. The van der Waals surface area contributed by atoms with E-state index in [4.69, 9.17) is 9.84 Å². The zero-order chi connectivity index (χ0) is 13.6. The van der Waals surface area contributed by atoms with E-state index in [0.29, 0.717) is 19.8 Å². The predicted molar refractivity (Wildman–Crippen MR) is 83.4 cm³/mol. The second-order valence-electron chi connectivity index (χ2n) is 4.10. The highest BCUT2D eigenvalue weighted by Crippen LogP contribution is 2.03. The number of hydrogen-bond donors (Lipinski definition) is 1. The van der Waals surface area contributed by atoms with Gasteiger partial charge in [0.2, 0.25) is 0 Å². The van der Waals surface area contributed by atoms with E-state index in [9.17, 15) is 0 Å². The van der Waals surface area contributed by atoms with Crippen LogP contribution in [0.25, 0.3) is 0 Å². The molecule has 0 atom stereocenters. The van der Waals surface area contributed by atoms with Crippen LogP contribution in [-0.4, -0.2) is 49.2 Å². The Balaban J connectivity index is 1.87. The molecule has 106 valence electrons. The van der Waals surface area contributed by atoms with E-state index in [2.05, 4.69) is 4.99 Å². The molecule has 0 bridgehead atoms. The van der Waals surface area contributed by atoms with Crippen molar-refractivity contribution in [3.8, 4) is 0 Å². The smallest absolute Gasteiger partial charge is 0.0662 e. The van der Waals surface area contributed by atoms with E-state index in [0.717, 1.165) is 36.5 Å². The van der Waals surface area contributed by atoms with Crippen molar-refractivity contribution in [2.24, 2.45) is 4.99 Å². The van der Waals surface area contributed by atoms with Gasteiger partial charge in [-0.3, -0.25) is 4.99 Å². The molecule has 0 saturated heterocycles. The van der Waals surface area contributed by atoms with Crippen molar-refractivity contribution in [1.82, 2.24) is 0 Å². The summed E-state index contributed by atoms with van der Waals surface area (Å²) in [7, 11) is 0. The molecule has 0 radical (unpaired) electrons. The van der Waals surface area contributed by atoms with Gasteiger partial charge in [-0.05, 0) is 24.2 Å². The van der Waals surface area contributed by atoms with Crippen molar-refractivity contribution in [3.63, 3.8) is 0 Å². The van der Waals surface area contributed by atoms with E-state index < -0.39 is 0 Å². The lowest BCUT2D eigenvalue weighted by atomic mass is 10.2. The van der Waals surface area contributed by atoms with Crippen LogP contribution in [0.1, 0.15) is 18.4 Å². The summed E-state index contributed by atoms with van der Waals surface area (Å²) in [5, 5.41) is 8.62. The molecule has 4 heteroatoms. The van der Waals surface area contributed by atoms with Crippen LogP contribution in [0.4, 0.5) is 0 Å². The second kappa shape index (κ2) is 12.2. The van der Waals surface area contributed by atoms with Crippen molar-refractivity contribution in [1.29, 1.82) is 0 Å². The van der Waals surface area contributed by atoms with Gasteiger partial charge in [0, 0.05) is 18.6 Å². The highest BCUT2D eigenvalue weighted by Gasteiger charge is 1.91. The van der Waals surface area contributed by atoms with Crippen LogP contribution >= 0.6 is 11.8 Å². The third-order valence-electron chi connectivity index (χ3n) is 2.47. The van der Waals surface area contributed by atoms with Crippen LogP contribution < -0.4 is 0 Å². The molecule has 1 N–H and O–H groups in total. The Hall–Kier alpha value is -0.840. The van der Waals surface area contributed by atoms with Gasteiger partial charge < -0.3 is 9.84 Å². The Morgan fingerprint density at radius 2 is 1.95 bits per heavy atom. The van der Waals surface area contributed by atoms with Crippen LogP contribution in [0.15, 0.2) is 35.3 Å². The molecule has 1 rings (SSSR count). The number of aliphatic hydroxyl groups excluding tert-OH is 1. The fourth-order valence-electron chi connectivity index (χ4n) is 1.46. The number of nitrogens with zero attached hydrogens (tertiary/aromatic N) is 1. The lowest BCUT2D eigenvalue weighted by molar-refractivity contribution is 0.158. The summed E-state index contributed by atoms with van der Waals surface area (Å²) in [4.78, 5) is 4.32. The first-order valence-electron chi connectivity index (χ1n) is 6.74. The van der Waals surface area contributed by atoms with E-state index in [1.807, 2.05) is 48.3 Å². The van der Waals surface area contributed by atoms with Crippen LogP contribution in [-0.2, 0) is 4.74 Å². The fraction of sp³-hybridized carbons (Fsp3) is 0.533. The molecule has 0 aliphatic heterocycles. The summed E-state index contributed by atoms with van der Waals surface area (Å²) in [6.07, 6.45) is 3.87. The minimum atomic E-state index is 0.302. The van der Waals surface area contributed by atoms with Crippen LogP contribution in [0.2, 0.25) is 0 Å². The van der Waals surface area contributed by atoms with Gasteiger partial charge in [0.05, 0.1) is 19.8 Å². The minimum Gasteiger partial charge on any atom is -0.396 e. The summed E-state index contributed by atoms with van der Waals surface area (Å²) >= 11 is 1.88. The molecule has 0 spiro atoms. The molecule has 0 saturated carbocycles. The Morgan fingerprint density at radius 1 is 1.11 bits per heavy atom. The molecule has 0 fully saturated rings. The Bertz CT molecular complexity index is 330. The predicted octanol–water partition coefficient (Wildman–Crippen LogP) is 2.63. The molecule has 0 aromatic heterocycles. The lowest BCUT2D eigenvalue weighted by Crippen LogP contribution is -2.02. The van der Waals surface area contributed by atoms with Gasteiger partial charge in [-0.2, -0.15) is 11.8 Å². The fourth-order valence-corrected chi connectivity index (χ4v) is 2.31. The van der Waals surface area contributed by atoms with E-state index in [-0.39, 0.29) is 0 Å². The standard InChI is InChI=1S/C15H23NO2S/c17-9-4-5-12-19-13-11-18-10-8-16-14-15-6-2-1-3-7-15/h1-3,6-7,14,17H,4-5,8-13H2. The summed E-state index contributed by atoms with van der Waals surface area (Å²) in [5.74, 6) is 2.13. The number of aliphatic imine (C=N–C) groups is 1. The Labute approximate surface area is 120 Å². The van der Waals surface area contributed by atoms with Crippen LogP contribution in [0, 0.1) is 0 Å². The Kier molecular flexibility index (Phi) is 10.4. The van der Waals surface area contributed by atoms with Gasteiger partial charge in [0.1, 0.15) is 0 Å². The van der Waals surface area contributed by atoms with Crippen molar-refractivity contribution < 1.29 is 9.84 Å². The molecule has 0 amide bonds. The van der Waals surface area contributed by atoms with Crippen molar-refractivity contribution in [2.45, 2.75) is 12.8 Å². The first-order valence-corrected chi connectivity index (χ1v) is 7.90. The first kappa shape index (κ1) is 16.2. The summed E-state index contributed by atoms with van der Waals surface area (Å²) in [6.45, 7) is 2.48.